The number of carbonyl (C=O) groups excluding carboxylic acids is 1. The van der Waals surface area contributed by atoms with E-state index in [0.717, 1.165) is 44.7 Å². The molecule has 3 heteroatoms. The van der Waals surface area contributed by atoms with Crippen molar-refractivity contribution in [2.45, 2.75) is 51.9 Å². The van der Waals surface area contributed by atoms with E-state index in [9.17, 15) is 4.79 Å². The van der Waals surface area contributed by atoms with Crippen LogP contribution in [0, 0.1) is 22.7 Å². The van der Waals surface area contributed by atoms with E-state index in [0.29, 0.717) is 18.7 Å². The zero-order chi connectivity index (χ0) is 12.3. The molecule has 1 saturated carbocycles. The summed E-state index contributed by atoms with van der Waals surface area (Å²) in [6, 6.07) is 2.27. The standard InChI is InChI=1S/C14H22N2O/c1-2-12-3-4-13(17)16(10-5-12)11-14(6-7-14)8-9-15/h12H,2-8,10-11H2,1H3. The van der Waals surface area contributed by atoms with E-state index < -0.39 is 0 Å². The molecule has 2 rings (SSSR count). The Labute approximate surface area is 104 Å². The largest absolute Gasteiger partial charge is 0.342 e. The smallest absolute Gasteiger partial charge is 0.222 e. The monoisotopic (exact) mass is 234 g/mol. The van der Waals surface area contributed by atoms with Gasteiger partial charge in [0.2, 0.25) is 5.91 Å². The fourth-order valence-electron chi connectivity index (χ4n) is 2.81. The average Bonchev–Trinajstić information content (AvgIpc) is 3.09. The van der Waals surface area contributed by atoms with Crippen LogP contribution in [-0.4, -0.2) is 23.9 Å². The van der Waals surface area contributed by atoms with Crippen molar-refractivity contribution in [3.63, 3.8) is 0 Å². The van der Waals surface area contributed by atoms with Gasteiger partial charge in [-0.15, -0.1) is 0 Å². The van der Waals surface area contributed by atoms with Gasteiger partial charge in [0.15, 0.2) is 0 Å². The van der Waals surface area contributed by atoms with Gasteiger partial charge >= 0.3 is 0 Å². The summed E-state index contributed by atoms with van der Waals surface area (Å²) in [7, 11) is 0. The van der Waals surface area contributed by atoms with Crippen LogP contribution in [-0.2, 0) is 4.79 Å². The summed E-state index contributed by atoms with van der Waals surface area (Å²) in [6.07, 6.45) is 6.96. The number of hydrogen-bond acceptors (Lipinski definition) is 2. The molecular weight excluding hydrogens is 212 g/mol. The predicted molar refractivity (Wildman–Crippen MR) is 66.1 cm³/mol. The van der Waals surface area contributed by atoms with Crippen LogP contribution in [0.1, 0.15) is 51.9 Å². The Bertz CT molecular complexity index is 328. The van der Waals surface area contributed by atoms with Crippen molar-refractivity contribution in [3.05, 3.63) is 0 Å². The van der Waals surface area contributed by atoms with Crippen LogP contribution >= 0.6 is 0 Å². The maximum Gasteiger partial charge on any atom is 0.222 e. The lowest BCUT2D eigenvalue weighted by molar-refractivity contribution is -0.131. The minimum absolute atomic E-state index is 0.163. The Hall–Kier alpha value is -1.04. The first-order chi connectivity index (χ1) is 8.19. The van der Waals surface area contributed by atoms with Crippen molar-refractivity contribution < 1.29 is 4.79 Å². The maximum absolute atomic E-state index is 12.0. The minimum atomic E-state index is 0.163. The molecule has 17 heavy (non-hydrogen) atoms. The van der Waals surface area contributed by atoms with Crippen LogP contribution in [0.4, 0.5) is 0 Å². The van der Waals surface area contributed by atoms with Crippen LogP contribution in [0.3, 0.4) is 0 Å². The fourth-order valence-corrected chi connectivity index (χ4v) is 2.81. The summed E-state index contributed by atoms with van der Waals surface area (Å²) in [6.45, 7) is 3.95. The second-order valence-electron chi connectivity index (χ2n) is 5.75. The molecule has 3 nitrogen and oxygen atoms in total. The van der Waals surface area contributed by atoms with Gasteiger partial charge < -0.3 is 4.90 Å². The normalized spacial score (nSPS) is 27.4. The SMILES string of the molecule is CCC1CCC(=O)N(CC2(CC#N)CC2)CC1. The van der Waals surface area contributed by atoms with E-state index in [1.807, 2.05) is 4.90 Å². The molecule has 1 aliphatic carbocycles. The van der Waals surface area contributed by atoms with Gasteiger partial charge in [-0.3, -0.25) is 4.79 Å². The van der Waals surface area contributed by atoms with Crippen LogP contribution in [0.5, 0.6) is 0 Å². The van der Waals surface area contributed by atoms with E-state index in [-0.39, 0.29) is 5.41 Å². The zero-order valence-corrected chi connectivity index (χ0v) is 10.7. The molecule has 94 valence electrons. The lowest BCUT2D eigenvalue weighted by Gasteiger charge is -2.25. The minimum Gasteiger partial charge on any atom is -0.342 e. The van der Waals surface area contributed by atoms with Gasteiger partial charge in [-0.25, -0.2) is 0 Å². The summed E-state index contributed by atoms with van der Waals surface area (Å²) >= 11 is 0. The summed E-state index contributed by atoms with van der Waals surface area (Å²) in [4.78, 5) is 14.1. The van der Waals surface area contributed by atoms with Crippen LogP contribution < -0.4 is 0 Å². The molecule has 1 aliphatic heterocycles. The molecule has 1 unspecified atom stereocenters. The molecule has 1 heterocycles. The van der Waals surface area contributed by atoms with Crippen molar-refractivity contribution >= 4 is 5.91 Å². The summed E-state index contributed by atoms with van der Waals surface area (Å²) in [5, 5.41) is 8.82. The van der Waals surface area contributed by atoms with Crippen molar-refractivity contribution in [1.82, 2.24) is 4.90 Å². The first-order valence-electron chi connectivity index (χ1n) is 6.84. The van der Waals surface area contributed by atoms with Crippen molar-refractivity contribution in [3.8, 4) is 6.07 Å². The number of likely N-dealkylation sites (tertiary alicyclic amines) is 1. The number of nitrogens with zero attached hydrogens (tertiary/aromatic N) is 2. The van der Waals surface area contributed by atoms with Gasteiger partial charge in [-0.05, 0) is 31.6 Å². The van der Waals surface area contributed by atoms with Gasteiger partial charge in [0.05, 0.1) is 6.07 Å². The van der Waals surface area contributed by atoms with E-state index in [1.165, 1.54) is 6.42 Å². The number of amides is 1. The first-order valence-corrected chi connectivity index (χ1v) is 6.84. The molecule has 0 aromatic carbocycles. The highest BCUT2D eigenvalue weighted by atomic mass is 16.2. The molecule has 0 bridgehead atoms. The van der Waals surface area contributed by atoms with Gasteiger partial charge in [0, 0.05) is 31.3 Å². The molecule has 0 spiro atoms. The van der Waals surface area contributed by atoms with Gasteiger partial charge in [-0.1, -0.05) is 13.3 Å². The molecule has 0 N–H and O–H groups in total. The third-order valence-corrected chi connectivity index (χ3v) is 4.44. The predicted octanol–water partition coefficient (Wildman–Crippen LogP) is 2.72. The molecule has 0 radical (unpaired) electrons. The lowest BCUT2D eigenvalue weighted by Crippen LogP contribution is -2.35. The average molecular weight is 234 g/mol. The van der Waals surface area contributed by atoms with Gasteiger partial charge in [0.25, 0.3) is 0 Å². The summed E-state index contributed by atoms with van der Waals surface area (Å²) in [5.74, 6) is 1.03. The van der Waals surface area contributed by atoms with Crippen LogP contribution in [0.25, 0.3) is 0 Å². The number of nitriles is 1. The molecular formula is C14H22N2O. The van der Waals surface area contributed by atoms with E-state index >= 15 is 0 Å². The van der Waals surface area contributed by atoms with Crippen molar-refractivity contribution in [2.75, 3.05) is 13.1 Å². The second-order valence-corrected chi connectivity index (χ2v) is 5.75. The first kappa shape index (κ1) is 12.4. The number of rotatable bonds is 4. The topological polar surface area (TPSA) is 44.1 Å². The zero-order valence-electron chi connectivity index (χ0n) is 10.7. The highest BCUT2D eigenvalue weighted by Gasteiger charge is 2.44. The Balaban J connectivity index is 1.92. The van der Waals surface area contributed by atoms with E-state index in [2.05, 4.69) is 13.0 Å². The molecule has 1 atom stereocenters. The third-order valence-electron chi connectivity index (χ3n) is 4.44. The maximum atomic E-state index is 12.0. The second kappa shape index (κ2) is 5.08. The molecule has 2 fully saturated rings. The Morgan fingerprint density at radius 3 is 2.82 bits per heavy atom. The van der Waals surface area contributed by atoms with Gasteiger partial charge in [0.1, 0.15) is 0 Å². The molecule has 0 aromatic rings. The van der Waals surface area contributed by atoms with Crippen LogP contribution in [0.2, 0.25) is 0 Å². The Kier molecular flexibility index (Phi) is 3.71. The third kappa shape index (κ3) is 3.00. The van der Waals surface area contributed by atoms with Gasteiger partial charge in [-0.2, -0.15) is 5.26 Å². The summed E-state index contributed by atoms with van der Waals surface area (Å²) in [5.41, 5.74) is 0.163. The molecule has 1 saturated heterocycles. The van der Waals surface area contributed by atoms with Crippen molar-refractivity contribution in [2.24, 2.45) is 11.3 Å². The van der Waals surface area contributed by atoms with Crippen LogP contribution in [0.15, 0.2) is 0 Å². The van der Waals surface area contributed by atoms with E-state index in [1.54, 1.807) is 0 Å². The summed E-state index contributed by atoms with van der Waals surface area (Å²) < 4.78 is 0. The van der Waals surface area contributed by atoms with Crippen molar-refractivity contribution in [1.29, 1.82) is 5.26 Å². The molecule has 0 aromatic heterocycles. The molecule has 1 amide bonds. The Morgan fingerprint density at radius 2 is 2.24 bits per heavy atom. The molecule has 2 aliphatic rings. The quantitative estimate of drug-likeness (QED) is 0.750. The lowest BCUT2D eigenvalue weighted by atomic mass is 9.98. The van der Waals surface area contributed by atoms with E-state index in [4.69, 9.17) is 5.26 Å². The number of carbonyl (C=O) groups is 1. The highest BCUT2D eigenvalue weighted by Crippen LogP contribution is 2.49. The highest BCUT2D eigenvalue weighted by molar-refractivity contribution is 5.76. The Morgan fingerprint density at radius 1 is 1.47 bits per heavy atom. The number of hydrogen-bond donors (Lipinski definition) is 0. The fraction of sp³-hybridized carbons (Fsp3) is 0.857.